The number of nitrogens with zero attached hydrogens (tertiary/aromatic N) is 5. The Hall–Kier alpha value is -3.03. The number of phenols is 1. The van der Waals surface area contributed by atoms with E-state index in [1.165, 1.54) is 6.20 Å². The van der Waals surface area contributed by atoms with E-state index in [0.29, 0.717) is 24.1 Å². The Labute approximate surface area is 149 Å². The van der Waals surface area contributed by atoms with Gasteiger partial charge in [0.05, 0.1) is 18.2 Å². The lowest BCUT2D eigenvalue weighted by molar-refractivity contribution is 0.0553. The summed E-state index contributed by atoms with van der Waals surface area (Å²) in [6, 6.07) is 5.23. The van der Waals surface area contributed by atoms with Crippen LogP contribution in [0.15, 0.2) is 43.1 Å². The first-order valence-electron chi connectivity index (χ1n) is 8.53. The van der Waals surface area contributed by atoms with Crippen LogP contribution in [-0.2, 0) is 0 Å². The van der Waals surface area contributed by atoms with Gasteiger partial charge in [-0.25, -0.2) is 14.4 Å². The van der Waals surface area contributed by atoms with Crippen molar-refractivity contribution < 1.29 is 14.2 Å². The number of hydrogen-bond acceptors (Lipinski definition) is 6. The second-order valence-electron chi connectivity index (χ2n) is 6.25. The normalized spacial score (nSPS) is 20.0. The second-order valence-corrected chi connectivity index (χ2v) is 6.25. The van der Waals surface area contributed by atoms with Gasteiger partial charge < -0.3 is 14.4 Å². The molecule has 1 aromatic carbocycles. The van der Waals surface area contributed by atoms with E-state index in [-0.39, 0.29) is 11.8 Å². The Balaban J connectivity index is 1.51. The van der Waals surface area contributed by atoms with Gasteiger partial charge >= 0.3 is 6.01 Å². The predicted molar refractivity (Wildman–Crippen MR) is 91.8 cm³/mol. The van der Waals surface area contributed by atoms with Crippen LogP contribution in [0.25, 0.3) is 16.9 Å². The van der Waals surface area contributed by atoms with Crippen molar-refractivity contribution in [3.05, 3.63) is 43.1 Å². The van der Waals surface area contributed by atoms with Crippen molar-refractivity contribution in [2.75, 3.05) is 0 Å². The summed E-state index contributed by atoms with van der Waals surface area (Å²) in [7, 11) is 0. The molecule has 4 rings (SSSR count). The quantitative estimate of drug-likeness (QED) is 0.774. The van der Waals surface area contributed by atoms with Crippen LogP contribution in [0.4, 0.5) is 4.39 Å². The van der Waals surface area contributed by atoms with Crippen molar-refractivity contribution >= 4 is 0 Å². The fourth-order valence-electron chi connectivity index (χ4n) is 3.07. The third-order valence-corrected chi connectivity index (χ3v) is 4.48. The third kappa shape index (κ3) is 3.35. The molecule has 2 heterocycles. The highest BCUT2D eigenvalue weighted by Gasteiger charge is 2.27. The average Bonchev–Trinajstić information content (AvgIpc) is 3.19. The molecule has 0 saturated heterocycles. The van der Waals surface area contributed by atoms with Crippen molar-refractivity contribution in [2.45, 2.75) is 38.0 Å². The molecule has 1 fully saturated rings. The van der Waals surface area contributed by atoms with Crippen LogP contribution in [0.5, 0.6) is 11.8 Å². The van der Waals surface area contributed by atoms with E-state index >= 15 is 0 Å². The summed E-state index contributed by atoms with van der Waals surface area (Å²) in [5.41, 5.74) is 1.69. The van der Waals surface area contributed by atoms with Gasteiger partial charge in [-0.2, -0.15) is 0 Å². The van der Waals surface area contributed by atoms with E-state index in [1.807, 2.05) is 6.07 Å². The van der Waals surface area contributed by atoms with Crippen molar-refractivity contribution in [3.63, 3.8) is 0 Å². The summed E-state index contributed by atoms with van der Waals surface area (Å²) < 4.78 is 21.1. The van der Waals surface area contributed by atoms with E-state index in [2.05, 4.69) is 20.2 Å². The fourth-order valence-corrected chi connectivity index (χ4v) is 3.07. The molecule has 7 nitrogen and oxygen atoms in total. The zero-order valence-electron chi connectivity index (χ0n) is 14.0. The van der Waals surface area contributed by atoms with Gasteiger partial charge in [0.15, 0.2) is 0 Å². The molecular formula is C18H18FN5O2. The highest BCUT2D eigenvalue weighted by molar-refractivity contribution is 5.67. The van der Waals surface area contributed by atoms with Crippen LogP contribution in [-0.4, -0.2) is 42.1 Å². The van der Waals surface area contributed by atoms with Gasteiger partial charge in [0.1, 0.15) is 23.7 Å². The number of hydrogen-bond donors (Lipinski definition) is 1. The van der Waals surface area contributed by atoms with Gasteiger partial charge in [0.2, 0.25) is 0 Å². The van der Waals surface area contributed by atoms with Crippen LogP contribution in [0.3, 0.4) is 0 Å². The van der Waals surface area contributed by atoms with Gasteiger partial charge in [0.25, 0.3) is 0 Å². The van der Waals surface area contributed by atoms with Gasteiger partial charge in [-0.05, 0) is 31.4 Å². The van der Waals surface area contributed by atoms with Crippen molar-refractivity contribution in [3.8, 4) is 28.7 Å². The molecule has 3 aromatic rings. The topological polar surface area (TPSA) is 86.0 Å². The Morgan fingerprint density at radius 3 is 2.77 bits per heavy atom. The van der Waals surface area contributed by atoms with Crippen molar-refractivity contribution in [1.29, 1.82) is 0 Å². The largest absolute Gasteiger partial charge is 0.507 e. The van der Waals surface area contributed by atoms with Crippen molar-refractivity contribution in [2.24, 2.45) is 0 Å². The zero-order chi connectivity index (χ0) is 17.9. The standard InChI is InChI=1S/C18H18FN5O2/c19-14-3-1-2-4-17(14)26-18-21-10-15(22-23-18)13-6-5-12(9-16(13)25)24-8-7-20-11-24/h5-11,14,17,25H,1-4H2/t14-,17-/m1/s1. The van der Waals surface area contributed by atoms with Gasteiger partial charge in [-0.3, -0.25) is 0 Å². The third-order valence-electron chi connectivity index (χ3n) is 4.48. The summed E-state index contributed by atoms with van der Waals surface area (Å²) in [6.45, 7) is 0. The zero-order valence-corrected chi connectivity index (χ0v) is 14.0. The summed E-state index contributed by atoms with van der Waals surface area (Å²) in [5.74, 6) is 0.0528. The number of alkyl halides is 1. The molecule has 8 heteroatoms. The molecule has 2 aromatic heterocycles. The number of rotatable bonds is 4. The maximum Gasteiger partial charge on any atom is 0.336 e. The van der Waals surface area contributed by atoms with Gasteiger partial charge in [-0.1, -0.05) is 11.5 Å². The minimum atomic E-state index is -0.994. The first kappa shape index (κ1) is 16.4. The molecule has 0 spiro atoms. The summed E-state index contributed by atoms with van der Waals surface area (Å²) >= 11 is 0. The smallest absolute Gasteiger partial charge is 0.336 e. The number of aromatic hydroxyl groups is 1. The molecule has 0 amide bonds. The van der Waals surface area contributed by atoms with Crippen LogP contribution in [0, 0.1) is 0 Å². The number of phenolic OH excluding ortho intramolecular Hbond substituents is 1. The fraction of sp³-hybridized carbons (Fsp3) is 0.333. The molecule has 134 valence electrons. The minimum absolute atomic E-state index is 0.0528. The highest BCUT2D eigenvalue weighted by Crippen LogP contribution is 2.30. The molecule has 1 saturated carbocycles. The lowest BCUT2D eigenvalue weighted by Gasteiger charge is -2.25. The SMILES string of the molecule is Oc1cc(-n2ccnc2)ccc1-c1cnc(O[C@@H]2CCCC[C@H]2F)nn1. The van der Waals surface area contributed by atoms with E-state index in [1.54, 1.807) is 35.4 Å². The van der Waals surface area contributed by atoms with Gasteiger partial charge in [-0.15, -0.1) is 5.10 Å². The van der Waals surface area contributed by atoms with E-state index in [0.717, 1.165) is 18.5 Å². The molecule has 2 atom stereocenters. The van der Waals surface area contributed by atoms with Crippen molar-refractivity contribution in [1.82, 2.24) is 24.7 Å². The molecule has 26 heavy (non-hydrogen) atoms. The molecule has 0 bridgehead atoms. The van der Waals surface area contributed by atoms with Crippen LogP contribution < -0.4 is 4.74 Å². The average molecular weight is 355 g/mol. The number of halogens is 1. The summed E-state index contributed by atoms with van der Waals surface area (Å²) in [6.07, 6.45) is 8.03. The van der Waals surface area contributed by atoms with Crippen LogP contribution >= 0.6 is 0 Å². The van der Waals surface area contributed by atoms with E-state index in [9.17, 15) is 9.50 Å². The molecule has 0 aliphatic heterocycles. The number of ether oxygens (including phenoxy) is 1. The Morgan fingerprint density at radius 1 is 1.19 bits per heavy atom. The Morgan fingerprint density at radius 2 is 2.08 bits per heavy atom. The van der Waals surface area contributed by atoms with E-state index < -0.39 is 12.3 Å². The molecule has 0 radical (unpaired) electrons. The van der Waals surface area contributed by atoms with Gasteiger partial charge in [0, 0.05) is 24.0 Å². The maximum atomic E-state index is 13.8. The summed E-state index contributed by atoms with van der Waals surface area (Å²) in [4.78, 5) is 8.09. The second kappa shape index (κ2) is 7.07. The first-order valence-corrected chi connectivity index (χ1v) is 8.53. The first-order chi connectivity index (χ1) is 12.7. The Kier molecular flexibility index (Phi) is 4.47. The minimum Gasteiger partial charge on any atom is -0.507 e. The molecule has 0 unspecified atom stereocenters. The predicted octanol–water partition coefficient (Wildman–Crippen LogP) is 3.09. The molecular weight excluding hydrogens is 337 g/mol. The molecule has 1 aliphatic carbocycles. The van der Waals surface area contributed by atoms with E-state index in [4.69, 9.17) is 4.74 Å². The number of imidazole rings is 1. The monoisotopic (exact) mass is 355 g/mol. The van der Waals surface area contributed by atoms with Crippen LogP contribution in [0.1, 0.15) is 25.7 Å². The lowest BCUT2D eigenvalue weighted by Crippen LogP contribution is -2.32. The number of aromatic nitrogens is 5. The maximum absolute atomic E-state index is 13.8. The summed E-state index contributed by atoms with van der Waals surface area (Å²) in [5, 5.41) is 18.3. The Bertz CT molecular complexity index is 870. The lowest BCUT2D eigenvalue weighted by atomic mass is 9.96. The molecule has 1 N–H and O–H groups in total. The van der Waals surface area contributed by atoms with Crippen LogP contribution in [0.2, 0.25) is 0 Å². The molecule has 1 aliphatic rings. The number of benzene rings is 1. The highest BCUT2D eigenvalue weighted by atomic mass is 19.1.